The van der Waals surface area contributed by atoms with Gasteiger partial charge in [-0.05, 0) is 16.6 Å². The van der Waals surface area contributed by atoms with Gasteiger partial charge in [0.05, 0.1) is 12.6 Å². The molecule has 0 aliphatic heterocycles. The number of hydrogen-bond acceptors (Lipinski definition) is 4. The van der Waals surface area contributed by atoms with Crippen LogP contribution in [0.15, 0.2) is 42.5 Å². The summed E-state index contributed by atoms with van der Waals surface area (Å²) >= 11 is 0. The summed E-state index contributed by atoms with van der Waals surface area (Å²) in [6.07, 6.45) is 0. The topological polar surface area (TPSA) is 108 Å². The lowest BCUT2D eigenvalue weighted by molar-refractivity contribution is -0.389. The highest BCUT2D eigenvalue weighted by atomic mass is 16.6. The van der Waals surface area contributed by atoms with Crippen LogP contribution in [0.1, 0.15) is 22.1 Å². The summed E-state index contributed by atoms with van der Waals surface area (Å²) in [5, 5.41) is 22.5. The predicted octanol–water partition coefficient (Wildman–Crippen LogP) is 1.39. The Labute approximate surface area is 114 Å². The standard InChI is InChI=1S/C13H13N3O4/c17-8-11(9-4-2-1-3-5-9)15-13(18)10-6-7-12(14-10)16(19)20/h1-7,11,14,17H,8H2,(H,15,18). The maximum atomic E-state index is 11.9. The first-order chi connectivity index (χ1) is 9.61. The number of H-pyrrole nitrogens is 1. The number of carbonyl (C=O) groups is 1. The maximum absolute atomic E-state index is 11.9. The molecule has 3 N–H and O–H groups in total. The molecule has 20 heavy (non-hydrogen) atoms. The second-order valence-corrected chi connectivity index (χ2v) is 4.13. The molecule has 2 rings (SSSR count). The second-order valence-electron chi connectivity index (χ2n) is 4.13. The largest absolute Gasteiger partial charge is 0.394 e. The van der Waals surface area contributed by atoms with Crippen LogP contribution in [0.2, 0.25) is 0 Å². The van der Waals surface area contributed by atoms with E-state index < -0.39 is 16.9 Å². The molecular weight excluding hydrogens is 262 g/mol. The minimum atomic E-state index is -0.614. The smallest absolute Gasteiger partial charge is 0.321 e. The van der Waals surface area contributed by atoms with Gasteiger partial charge < -0.3 is 20.5 Å². The van der Waals surface area contributed by atoms with Gasteiger partial charge in [0.1, 0.15) is 0 Å². The third-order valence-corrected chi connectivity index (χ3v) is 2.80. The third kappa shape index (κ3) is 3.01. The molecule has 7 heteroatoms. The Morgan fingerprint density at radius 1 is 1.30 bits per heavy atom. The van der Waals surface area contributed by atoms with Gasteiger partial charge in [0, 0.05) is 6.07 Å². The molecular formula is C13H13N3O4. The maximum Gasteiger partial charge on any atom is 0.321 e. The van der Waals surface area contributed by atoms with E-state index in [1.807, 2.05) is 6.07 Å². The van der Waals surface area contributed by atoms with Crippen molar-refractivity contribution in [2.24, 2.45) is 0 Å². The van der Waals surface area contributed by atoms with Crippen LogP contribution in [-0.4, -0.2) is 27.5 Å². The van der Waals surface area contributed by atoms with E-state index >= 15 is 0 Å². The lowest BCUT2D eigenvalue weighted by Gasteiger charge is -2.15. The third-order valence-electron chi connectivity index (χ3n) is 2.80. The number of amides is 1. The number of nitrogens with zero attached hydrogens (tertiary/aromatic N) is 1. The number of nitrogens with one attached hydrogen (secondary N) is 2. The van der Waals surface area contributed by atoms with Crippen LogP contribution in [0, 0.1) is 10.1 Å². The van der Waals surface area contributed by atoms with E-state index in [4.69, 9.17) is 0 Å². The molecule has 1 atom stereocenters. The molecule has 0 aliphatic carbocycles. The van der Waals surface area contributed by atoms with Crippen molar-refractivity contribution in [3.63, 3.8) is 0 Å². The SMILES string of the molecule is O=C(NC(CO)c1ccccc1)c1ccc([N+](=O)[O-])[nH]1. The minimum Gasteiger partial charge on any atom is -0.394 e. The van der Waals surface area contributed by atoms with Gasteiger partial charge in [-0.3, -0.25) is 4.79 Å². The Kier molecular flexibility index (Phi) is 4.11. The van der Waals surface area contributed by atoms with Gasteiger partial charge in [-0.25, -0.2) is 4.98 Å². The Morgan fingerprint density at radius 2 is 2.00 bits per heavy atom. The van der Waals surface area contributed by atoms with Crippen molar-refractivity contribution in [2.75, 3.05) is 6.61 Å². The van der Waals surface area contributed by atoms with E-state index in [2.05, 4.69) is 10.3 Å². The summed E-state index contributed by atoms with van der Waals surface area (Å²) in [5.74, 6) is -0.767. The van der Waals surface area contributed by atoms with Crippen molar-refractivity contribution in [2.45, 2.75) is 6.04 Å². The van der Waals surface area contributed by atoms with Crippen LogP contribution in [0.5, 0.6) is 0 Å². The average molecular weight is 275 g/mol. The molecule has 0 saturated heterocycles. The molecule has 104 valence electrons. The number of carbonyl (C=O) groups excluding carboxylic acids is 1. The number of aliphatic hydroxyl groups excluding tert-OH is 1. The monoisotopic (exact) mass is 275 g/mol. The quantitative estimate of drug-likeness (QED) is 0.566. The summed E-state index contributed by atoms with van der Waals surface area (Å²) < 4.78 is 0. The highest BCUT2D eigenvalue weighted by molar-refractivity contribution is 5.93. The molecule has 1 unspecified atom stereocenters. The van der Waals surface area contributed by atoms with Crippen molar-refractivity contribution in [1.82, 2.24) is 10.3 Å². The van der Waals surface area contributed by atoms with E-state index in [0.717, 1.165) is 5.56 Å². The first-order valence-electron chi connectivity index (χ1n) is 5.92. The summed E-state index contributed by atoms with van der Waals surface area (Å²) in [4.78, 5) is 24.3. The molecule has 0 saturated carbocycles. The van der Waals surface area contributed by atoms with Crippen molar-refractivity contribution >= 4 is 11.7 Å². The van der Waals surface area contributed by atoms with Crippen LogP contribution in [0.25, 0.3) is 0 Å². The fourth-order valence-electron chi connectivity index (χ4n) is 1.78. The van der Waals surface area contributed by atoms with Crippen LogP contribution in [-0.2, 0) is 0 Å². The molecule has 0 bridgehead atoms. The number of aromatic nitrogens is 1. The molecule has 0 aliphatic rings. The van der Waals surface area contributed by atoms with Crippen molar-refractivity contribution < 1.29 is 14.8 Å². The Morgan fingerprint density at radius 3 is 2.55 bits per heavy atom. The number of nitro groups is 1. The van der Waals surface area contributed by atoms with Crippen LogP contribution >= 0.6 is 0 Å². The van der Waals surface area contributed by atoms with Crippen molar-refractivity contribution in [3.8, 4) is 0 Å². The van der Waals surface area contributed by atoms with E-state index in [1.54, 1.807) is 24.3 Å². The normalized spacial score (nSPS) is 11.8. The first-order valence-corrected chi connectivity index (χ1v) is 5.92. The summed E-state index contributed by atoms with van der Waals surface area (Å²) in [7, 11) is 0. The second kappa shape index (κ2) is 5.98. The zero-order chi connectivity index (χ0) is 14.5. The first kappa shape index (κ1) is 13.8. The minimum absolute atomic E-state index is 0.0751. The summed E-state index contributed by atoms with van der Waals surface area (Å²) in [6.45, 7) is -0.265. The average Bonchev–Trinajstić information content (AvgIpc) is 2.95. The van der Waals surface area contributed by atoms with E-state index in [1.165, 1.54) is 12.1 Å². The van der Waals surface area contributed by atoms with Crippen LogP contribution in [0.4, 0.5) is 5.82 Å². The molecule has 2 aromatic rings. The molecule has 0 radical (unpaired) electrons. The van der Waals surface area contributed by atoms with Gasteiger partial charge in [0.2, 0.25) is 0 Å². The zero-order valence-electron chi connectivity index (χ0n) is 10.4. The van der Waals surface area contributed by atoms with Crippen LogP contribution in [0.3, 0.4) is 0 Å². The Hall–Kier alpha value is -2.67. The molecule has 7 nitrogen and oxygen atoms in total. The van der Waals surface area contributed by atoms with Gasteiger partial charge in [0.15, 0.2) is 5.69 Å². The molecule has 1 aromatic heterocycles. The zero-order valence-corrected chi connectivity index (χ0v) is 10.4. The highest BCUT2D eigenvalue weighted by Crippen LogP contribution is 2.14. The number of aromatic amines is 1. The summed E-state index contributed by atoms with van der Waals surface area (Å²) in [6, 6.07) is 10.9. The molecule has 0 fully saturated rings. The molecule has 1 aromatic carbocycles. The van der Waals surface area contributed by atoms with E-state index in [9.17, 15) is 20.0 Å². The predicted molar refractivity (Wildman–Crippen MR) is 71.2 cm³/mol. The van der Waals surface area contributed by atoms with Crippen LogP contribution < -0.4 is 5.32 Å². The lowest BCUT2D eigenvalue weighted by atomic mass is 10.1. The van der Waals surface area contributed by atoms with Crippen molar-refractivity contribution in [3.05, 3.63) is 63.8 Å². The van der Waals surface area contributed by atoms with Gasteiger partial charge in [-0.2, -0.15) is 0 Å². The Balaban J connectivity index is 2.11. The molecule has 1 heterocycles. The number of aliphatic hydroxyl groups is 1. The summed E-state index contributed by atoms with van der Waals surface area (Å²) in [5.41, 5.74) is 0.829. The fraction of sp³-hybridized carbons (Fsp3) is 0.154. The van der Waals surface area contributed by atoms with Gasteiger partial charge in [-0.1, -0.05) is 30.3 Å². The van der Waals surface area contributed by atoms with Gasteiger partial charge in [0.25, 0.3) is 5.91 Å². The number of rotatable bonds is 5. The van der Waals surface area contributed by atoms with Crippen molar-refractivity contribution in [1.29, 1.82) is 0 Å². The fourth-order valence-corrected chi connectivity index (χ4v) is 1.78. The highest BCUT2D eigenvalue weighted by Gasteiger charge is 2.19. The number of hydrogen-bond donors (Lipinski definition) is 3. The van der Waals surface area contributed by atoms with E-state index in [-0.39, 0.29) is 18.1 Å². The lowest BCUT2D eigenvalue weighted by Crippen LogP contribution is -2.31. The number of benzene rings is 1. The van der Waals surface area contributed by atoms with Gasteiger partial charge >= 0.3 is 5.82 Å². The Bertz CT molecular complexity index is 609. The molecule has 0 spiro atoms. The van der Waals surface area contributed by atoms with Gasteiger partial charge in [-0.15, -0.1) is 0 Å². The van der Waals surface area contributed by atoms with E-state index in [0.29, 0.717) is 0 Å². The molecule has 1 amide bonds.